The summed E-state index contributed by atoms with van der Waals surface area (Å²) in [7, 11) is 0. The highest BCUT2D eigenvalue weighted by molar-refractivity contribution is 5.73. The van der Waals surface area contributed by atoms with E-state index in [9.17, 15) is 9.90 Å². The predicted molar refractivity (Wildman–Crippen MR) is 98.9 cm³/mol. The lowest BCUT2D eigenvalue weighted by atomic mass is 10.1. The SMILES string of the molecule is CCCOc1ccc(CNC(=O)NCCCc2ccc(O)cc2)cc1. The molecule has 5 nitrogen and oxygen atoms in total. The van der Waals surface area contributed by atoms with E-state index in [4.69, 9.17) is 4.74 Å². The molecule has 0 heterocycles. The van der Waals surface area contributed by atoms with Gasteiger partial charge in [0.15, 0.2) is 0 Å². The monoisotopic (exact) mass is 342 g/mol. The quantitative estimate of drug-likeness (QED) is 0.610. The van der Waals surface area contributed by atoms with E-state index < -0.39 is 0 Å². The summed E-state index contributed by atoms with van der Waals surface area (Å²) in [5.41, 5.74) is 2.17. The normalized spacial score (nSPS) is 10.3. The van der Waals surface area contributed by atoms with Crippen molar-refractivity contribution in [2.45, 2.75) is 32.7 Å². The minimum Gasteiger partial charge on any atom is -0.508 e. The Bertz CT molecular complexity index is 639. The minimum absolute atomic E-state index is 0.169. The van der Waals surface area contributed by atoms with Gasteiger partial charge in [0.05, 0.1) is 6.61 Å². The van der Waals surface area contributed by atoms with Crippen molar-refractivity contribution in [3.8, 4) is 11.5 Å². The molecule has 2 aromatic carbocycles. The molecule has 134 valence electrons. The van der Waals surface area contributed by atoms with Crippen LogP contribution in [0.3, 0.4) is 0 Å². The number of benzene rings is 2. The molecule has 0 aromatic heterocycles. The third kappa shape index (κ3) is 7.16. The van der Waals surface area contributed by atoms with Crippen molar-refractivity contribution in [1.82, 2.24) is 10.6 Å². The number of hydrogen-bond donors (Lipinski definition) is 3. The third-order valence-electron chi connectivity index (χ3n) is 3.71. The standard InChI is InChI=1S/C20H26N2O3/c1-2-14-25-19-11-7-17(8-12-19)15-22-20(24)21-13-3-4-16-5-9-18(23)10-6-16/h5-12,23H,2-4,13-15H2,1H3,(H2,21,22,24). The van der Waals surface area contributed by atoms with E-state index in [1.54, 1.807) is 12.1 Å². The van der Waals surface area contributed by atoms with E-state index in [0.717, 1.165) is 36.1 Å². The summed E-state index contributed by atoms with van der Waals surface area (Å²) in [6.45, 7) is 3.88. The molecular formula is C20H26N2O3. The molecule has 0 saturated heterocycles. The Hall–Kier alpha value is -2.69. The van der Waals surface area contributed by atoms with Gasteiger partial charge in [0.1, 0.15) is 11.5 Å². The molecule has 2 rings (SSSR count). The Morgan fingerprint density at radius 2 is 1.68 bits per heavy atom. The highest BCUT2D eigenvalue weighted by Crippen LogP contribution is 2.12. The smallest absolute Gasteiger partial charge is 0.315 e. The van der Waals surface area contributed by atoms with Crippen LogP contribution in [-0.2, 0) is 13.0 Å². The van der Waals surface area contributed by atoms with Crippen molar-refractivity contribution in [3.63, 3.8) is 0 Å². The lowest BCUT2D eigenvalue weighted by Crippen LogP contribution is -2.35. The molecule has 25 heavy (non-hydrogen) atoms. The van der Waals surface area contributed by atoms with Gasteiger partial charge in [-0.05, 0) is 54.7 Å². The van der Waals surface area contributed by atoms with Gasteiger partial charge >= 0.3 is 6.03 Å². The maximum atomic E-state index is 11.8. The number of aryl methyl sites for hydroxylation is 1. The summed E-state index contributed by atoms with van der Waals surface area (Å²) in [6, 6.07) is 14.7. The first-order chi connectivity index (χ1) is 12.2. The lowest BCUT2D eigenvalue weighted by molar-refractivity contribution is 0.240. The number of aromatic hydroxyl groups is 1. The number of carbonyl (C=O) groups is 1. The first kappa shape index (κ1) is 18.6. The van der Waals surface area contributed by atoms with Gasteiger partial charge in [0, 0.05) is 13.1 Å². The number of phenols is 1. The molecule has 0 spiro atoms. The van der Waals surface area contributed by atoms with Crippen LogP contribution in [-0.4, -0.2) is 24.3 Å². The van der Waals surface area contributed by atoms with Gasteiger partial charge in [-0.3, -0.25) is 0 Å². The van der Waals surface area contributed by atoms with Gasteiger partial charge in [0.25, 0.3) is 0 Å². The van der Waals surface area contributed by atoms with Gasteiger partial charge in [-0.1, -0.05) is 31.2 Å². The molecule has 3 N–H and O–H groups in total. The third-order valence-corrected chi connectivity index (χ3v) is 3.71. The van der Waals surface area contributed by atoms with Crippen LogP contribution in [0.25, 0.3) is 0 Å². The Labute approximate surface area is 149 Å². The Morgan fingerprint density at radius 1 is 1.00 bits per heavy atom. The lowest BCUT2D eigenvalue weighted by Gasteiger charge is -2.09. The summed E-state index contributed by atoms with van der Waals surface area (Å²) in [6.07, 6.45) is 2.69. The number of hydrogen-bond acceptors (Lipinski definition) is 3. The summed E-state index contributed by atoms with van der Waals surface area (Å²) in [5.74, 6) is 1.12. The van der Waals surface area contributed by atoms with Crippen molar-refractivity contribution in [3.05, 3.63) is 59.7 Å². The van der Waals surface area contributed by atoms with Crippen LogP contribution in [0.15, 0.2) is 48.5 Å². The van der Waals surface area contributed by atoms with Gasteiger partial charge in [-0.2, -0.15) is 0 Å². The number of urea groups is 1. The molecule has 5 heteroatoms. The fraction of sp³-hybridized carbons (Fsp3) is 0.350. The fourth-order valence-corrected chi connectivity index (χ4v) is 2.33. The maximum absolute atomic E-state index is 11.8. The van der Waals surface area contributed by atoms with Crippen molar-refractivity contribution in [2.75, 3.05) is 13.2 Å². The molecule has 0 saturated carbocycles. The molecule has 0 radical (unpaired) electrons. The van der Waals surface area contributed by atoms with Crippen LogP contribution in [0, 0.1) is 0 Å². The van der Waals surface area contributed by atoms with Crippen LogP contribution >= 0.6 is 0 Å². The number of amides is 2. The molecule has 0 fully saturated rings. The number of ether oxygens (including phenoxy) is 1. The van der Waals surface area contributed by atoms with Gasteiger partial charge < -0.3 is 20.5 Å². The summed E-state index contributed by atoms with van der Waals surface area (Å²) in [4.78, 5) is 11.8. The molecular weight excluding hydrogens is 316 g/mol. The van der Waals surface area contributed by atoms with E-state index in [0.29, 0.717) is 19.7 Å². The first-order valence-corrected chi connectivity index (χ1v) is 8.68. The van der Waals surface area contributed by atoms with Gasteiger partial charge in [0.2, 0.25) is 0 Å². The van der Waals surface area contributed by atoms with Gasteiger partial charge in [-0.15, -0.1) is 0 Å². The zero-order valence-electron chi connectivity index (χ0n) is 14.6. The van der Waals surface area contributed by atoms with E-state index in [2.05, 4.69) is 17.6 Å². The molecule has 0 bridgehead atoms. The number of carbonyl (C=O) groups excluding carboxylic acids is 1. The summed E-state index contributed by atoms with van der Waals surface area (Å²) >= 11 is 0. The van der Waals surface area contributed by atoms with Crippen molar-refractivity contribution >= 4 is 6.03 Å². The van der Waals surface area contributed by atoms with Crippen molar-refractivity contribution in [2.24, 2.45) is 0 Å². The van der Waals surface area contributed by atoms with Crippen LogP contribution in [0.2, 0.25) is 0 Å². The second kappa shape index (κ2) is 10.2. The largest absolute Gasteiger partial charge is 0.508 e. The highest BCUT2D eigenvalue weighted by atomic mass is 16.5. The average Bonchev–Trinajstić information content (AvgIpc) is 2.64. The second-order valence-electron chi connectivity index (χ2n) is 5.87. The summed E-state index contributed by atoms with van der Waals surface area (Å²) < 4.78 is 5.53. The first-order valence-electron chi connectivity index (χ1n) is 8.68. The second-order valence-corrected chi connectivity index (χ2v) is 5.87. The van der Waals surface area contributed by atoms with E-state index in [1.807, 2.05) is 36.4 Å². The molecule has 2 aromatic rings. The van der Waals surface area contributed by atoms with Crippen LogP contribution in [0.5, 0.6) is 11.5 Å². The molecule has 0 aliphatic rings. The van der Waals surface area contributed by atoms with Gasteiger partial charge in [-0.25, -0.2) is 4.79 Å². The molecule has 0 aliphatic carbocycles. The predicted octanol–water partition coefficient (Wildman–Crippen LogP) is 3.61. The highest BCUT2D eigenvalue weighted by Gasteiger charge is 2.01. The Kier molecular flexibility index (Phi) is 7.63. The van der Waals surface area contributed by atoms with E-state index in [1.165, 1.54) is 0 Å². The maximum Gasteiger partial charge on any atom is 0.315 e. The van der Waals surface area contributed by atoms with Crippen molar-refractivity contribution < 1.29 is 14.6 Å². The van der Waals surface area contributed by atoms with Crippen LogP contribution < -0.4 is 15.4 Å². The van der Waals surface area contributed by atoms with E-state index >= 15 is 0 Å². The molecule has 0 atom stereocenters. The Balaban J connectivity index is 1.61. The number of phenolic OH excluding ortho intramolecular Hbond substituents is 1. The summed E-state index contributed by atoms with van der Waals surface area (Å²) in [5, 5.41) is 14.9. The fourth-order valence-electron chi connectivity index (χ4n) is 2.33. The number of rotatable bonds is 9. The van der Waals surface area contributed by atoms with Crippen LogP contribution in [0.4, 0.5) is 4.79 Å². The zero-order chi connectivity index (χ0) is 17.9. The zero-order valence-corrected chi connectivity index (χ0v) is 14.6. The number of nitrogens with one attached hydrogen (secondary N) is 2. The molecule has 2 amide bonds. The minimum atomic E-state index is -0.169. The van der Waals surface area contributed by atoms with E-state index in [-0.39, 0.29) is 11.8 Å². The van der Waals surface area contributed by atoms with Crippen LogP contribution in [0.1, 0.15) is 30.9 Å². The van der Waals surface area contributed by atoms with Crippen molar-refractivity contribution in [1.29, 1.82) is 0 Å². The Morgan fingerprint density at radius 3 is 2.36 bits per heavy atom. The molecule has 0 aliphatic heterocycles. The average molecular weight is 342 g/mol. The topological polar surface area (TPSA) is 70.6 Å². The molecule has 0 unspecified atom stereocenters.